The number of rotatable bonds is 10. The van der Waals surface area contributed by atoms with Gasteiger partial charge in [-0.15, -0.1) is 34.2 Å². The summed E-state index contributed by atoms with van der Waals surface area (Å²) in [6.07, 6.45) is 9.75. The lowest BCUT2D eigenvalue weighted by Crippen LogP contribution is -2.37. The molecule has 1 fully saturated rings. The van der Waals surface area contributed by atoms with Crippen LogP contribution in [-0.4, -0.2) is 51.8 Å². The van der Waals surface area contributed by atoms with Crippen molar-refractivity contribution in [2.45, 2.75) is 58.7 Å². The lowest BCUT2D eigenvalue weighted by atomic mass is 10.1. The zero-order chi connectivity index (χ0) is 20.2. The van der Waals surface area contributed by atoms with E-state index in [0.29, 0.717) is 6.54 Å². The van der Waals surface area contributed by atoms with Crippen LogP contribution in [0.4, 0.5) is 0 Å². The fraction of sp³-hybridized carbons (Fsp3) is 0.591. The molecule has 8 heteroatoms. The lowest BCUT2D eigenvalue weighted by molar-refractivity contribution is 0.221. The number of halogens is 1. The Bertz CT molecular complexity index is 710. The summed E-state index contributed by atoms with van der Waals surface area (Å²) >= 11 is 0. The minimum atomic E-state index is 0. The summed E-state index contributed by atoms with van der Waals surface area (Å²) in [5.74, 6) is 0.884. The number of aromatic nitrogens is 3. The minimum Gasteiger partial charge on any atom is -0.357 e. The Labute approximate surface area is 197 Å². The van der Waals surface area contributed by atoms with Crippen LogP contribution in [0.5, 0.6) is 0 Å². The number of hydrogen-bond acceptors (Lipinski definition) is 4. The van der Waals surface area contributed by atoms with Crippen molar-refractivity contribution in [3.05, 3.63) is 48.0 Å². The van der Waals surface area contributed by atoms with Crippen LogP contribution in [-0.2, 0) is 19.6 Å². The van der Waals surface area contributed by atoms with Gasteiger partial charge < -0.3 is 15.2 Å². The van der Waals surface area contributed by atoms with Crippen molar-refractivity contribution in [3.63, 3.8) is 0 Å². The highest BCUT2D eigenvalue weighted by Gasteiger charge is 2.10. The fourth-order valence-electron chi connectivity index (χ4n) is 3.60. The van der Waals surface area contributed by atoms with Gasteiger partial charge in [-0.25, -0.2) is 4.99 Å². The molecule has 0 bridgehead atoms. The van der Waals surface area contributed by atoms with Crippen LogP contribution >= 0.6 is 24.0 Å². The number of unbranched alkanes of at least 4 members (excludes halogenated alkanes) is 1. The average molecular weight is 525 g/mol. The fourth-order valence-corrected chi connectivity index (χ4v) is 3.60. The molecule has 1 aromatic carbocycles. The van der Waals surface area contributed by atoms with Crippen LogP contribution in [0.1, 0.15) is 50.2 Å². The van der Waals surface area contributed by atoms with Gasteiger partial charge in [-0.2, -0.15) is 0 Å². The summed E-state index contributed by atoms with van der Waals surface area (Å²) in [6, 6.07) is 8.94. The molecule has 1 aromatic heterocycles. The molecule has 2 aromatic rings. The number of hydrogen-bond donors (Lipinski definition) is 2. The molecule has 7 nitrogen and oxygen atoms in total. The van der Waals surface area contributed by atoms with Crippen molar-refractivity contribution in [2.75, 3.05) is 26.2 Å². The second-order valence-corrected chi connectivity index (χ2v) is 7.68. The third-order valence-corrected chi connectivity index (χ3v) is 5.24. The van der Waals surface area contributed by atoms with Gasteiger partial charge in [-0.05, 0) is 56.8 Å². The topological polar surface area (TPSA) is 70.4 Å². The van der Waals surface area contributed by atoms with Crippen molar-refractivity contribution in [2.24, 2.45) is 4.99 Å². The van der Waals surface area contributed by atoms with Gasteiger partial charge in [0.2, 0.25) is 0 Å². The van der Waals surface area contributed by atoms with Gasteiger partial charge in [-0.1, -0.05) is 30.7 Å². The van der Waals surface area contributed by atoms with Gasteiger partial charge in [0.1, 0.15) is 12.7 Å². The summed E-state index contributed by atoms with van der Waals surface area (Å²) in [4.78, 5) is 7.30. The second kappa shape index (κ2) is 14.3. The molecule has 3 rings (SSSR count). The molecule has 0 amide bonds. The van der Waals surface area contributed by atoms with E-state index in [4.69, 9.17) is 4.99 Å². The van der Waals surface area contributed by atoms with E-state index in [1.54, 1.807) is 12.7 Å². The highest BCUT2D eigenvalue weighted by Crippen LogP contribution is 2.14. The highest BCUT2D eigenvalue weighted by molar-refractivity contribution is 14.0. The minimum absolute atomic E-state index is 0. The Kier molecular flexibility index (Phi) is 11.8. The van der Waals surface area contributed by atoms with Crippen molar-refractivity contribution in [3.8, 4) is 0 Å². The zero-order valence-corrected chi connectivity index (χ0v) is 20.4. The third kappa shape index (κ3) is 8.99. The summed E-state index contributed by atoms with van der Waals surface area (Å²) in [5.41, 5.74) is 2.65. The molecule has 0 radical (unpaired) electrons. The maximum atomic E-state index is 4.74. The molecule has 0 saturated carbocycles. The maximum Gasteiger partial charge on any atom is 0.191 e. The van der Waals surface area contributed by atoms with Crippen molar-refractivity contribution in [1.82, 2.24) is 30.3 Å². The van der Waals surface area contributed by atoms with Gasteiger partial charge >= 0.3 is 0 Å². The Hall–Kier alpha value is -1.68. The Morgan fingerprint density at radius 3 is 2.37 bits per heavy atom. The predicted octanol–water partition coefficient (Wildman–Crippen LogP) is 3.42. The molecule has 30 heavy (non-hydrogen) atoms. The van der Waals surface area contributed by atoms with Crippen molar-refractivity contribution < 1.29 is 0 Å². The van der Waals surface area contributed by atoms with E-state index in [0.717, 1.165) is 45.0 Å². The Morgan fingerprint density at radius 2 is 1.67 bits per heavy atom. The zero-order valence-electron chi connectivity index (χ0n) is 18.1. The molecule has 1 aliphatic rings. The van der Waals surface area contributed by atoms with Crippen LogP contribution in [0.15, 0.2) is 41.9 Å². The number of likely N-dealkylation sites (tertiary alicyclic amines) is 1. The molecule has 0 unspecified atom stereocenters. The maximum absolute atomic E-state index is 4.74. The number of aliphatic imine (C=N–C) groups is 1. The van der Waals surface area contributed by atoms with Gasteiger partial charge in [0.05, 0.1) is 6.54 Å². The van der Waals surface area contributed by atoms with E-state index in [1.165, 1.54) is 43.5 Å². The van der Waals surface area contributed by atoms with Crippen LogP contribution in [0.25, 0.3) is 0 Å². The first-order valence-electron chi connectivity index (χ1n) is 11.0. The van der Waals surface area contributed by atoms with Gasteiger partial charge in [0.15, 0.2) is 5.96 Å². The largest absolute Gasteiger partial charge is 0.357 e. The van der Waals surface area contributed by atoms with Gasteiger partial charge in [-0.3, -0.25) is 4.90 Å². The first kappa shape index (κ1) is 24.6. The third-order valence-electron chi connectivity index (χ3n) is 5.24. The standard InChI is InChI=1S/C22H35N7.HI/c1-2-23-22(24-12-4-7-15-29-18-26-27-19-29)25-16-20-8-10-21(11-9-20)17-28-13-5-3-6-14-28;/h8-11,18-19H,2-7,12-17H2,1H3,(H2,23,24,25);1H. The van der Waals surface area contributed by atoms with Crippen LogP contribution < -0.4 is 10.6 Å². The number of nitrogens with one attached hydrogen (secondary N) is 2. The number of piperidine rings is 1. The monoisotopic (exact) mass is 525 g/mol. The average Bonchev–Trinajstić information content (AvgIpc) is 3.27. The summed E-state index contributed by atoms with van der Waals surface area (Å²) in [7, 11) is 0. The van der Waals surface area contributed by atoms with E-state index in [2.05, 4.69) is 56.9 Å². The van der Waals surface area contributed by atoms with Gasteiger partial charge in [0.25, 0.3) is 0 Å². The summed E-state index contributed by atoms with van der Waals surface area (Å²) in [6.45, 7) is 9.06. The molecule has 166 valence electrons. The molecule has 0 aliphatic carbocycles. The first-order chi connectivity index (χ1) is 14.3. The molecular weight excluding hydrogens is 489 g/mol. The Balaban J connectivity index is 0.00000320. The molecule has 0 spiro atoms. The second-order valence-electron chi connectivity index (χ2n) is 7.68. The molecular formula is C22H36IN7. The number of nitrogens with zero attached hydrogens (tertiary/aromatic N) is 5. The number of guanidine groups is 1. The predicted molar refractivity (Wildman–Crippen MR) is 133 cm³/mol. The summed E-state index contributed by atoms with van der Waals surface area (Å²) < 4.78 is 2.01. The van der Waals surface area contributed by atoms with Crippen LogP contribution in [0, 0.1) is 0 Å². The SMILES string of the molecule is CCNC(=NCc1ccc(CN2CCCCC2)cc1)NCCCCn1cnnc1.I. The molecule has 2 N–H and O–H groups in total. The van der Waals surface area contributed by atoms with E-state index in [-0.39, 0.29) is 24.0 Å². The van der Waals surface area contributed by atoms with E-state index < -0.39 is 0 Å². The van der Waals surface area contributed by atoms with E-state index >= 15 is 0 Å². The molecule has 1 saturated heterocycles. The van der Waals surface area contributed by atoms with Crippen LogP contribution in [0.2, 0.25) is 0 Å². The first-order valence-corrected chi connectivity index (χ1v) is 11.0. The lowest BCUT2D eigenvalue weighted by Gasteiger charge is -2.26. The molecule has 1 aliphatic heterocycles. The highest BCUT2D eigenvalue weighted by atomic mass is 127. The van der Waals surface area contributed by atoms with E-state index in [1.807, 2.05) is 4.57 Å². The van der Waals surface area contributed by atoms with Crippen molar-refractivity contribution in [1.29, 1.82) is 0 Å². The molecule has 0 atom stereocenters. The smallest absolute Gasteiger partial charge is 0.191 e. The normalized spacial score (nSPS) is 14.9. The number of aryl methyl sites for hydroxylation is 1. The van der Waals surface area contributed by atoms with Gasteiger partial charge in [0, 0.05) is 26.2 Å². The van der Waals surface area contributed by atoms with Crippen LogP contribution in [0.3, 0.4) is 0 Å². The van der Waals surface area contributed by atoms with E-state index in [9.17, 15) is 0 Å². The van der Waals surface area contributed by atoms with Crippen molar-refractivity contribution >= 4 is 29.9 Å². The quantitative estimate of drug-likeness (QED) is 0.215. The molecule has 2 heterocycles. The number of benzene rings is 1. The summed E-state index contributed by atoms with van der Waals surface area (Å²) in [5, 5.41) is 14.4. The Morgan fingerprint density at radius 1 is 0.967 bits per heavy atom.